The molecule has 0 aromatic carbocycles. The molecule has 0 bridgehead atoms. The molecule has 0 nitrogen and oxygen atoms in total. The molecule has 0 saturated heterocycles. The molecule has 4 heteroatoms. The van der Waals surface area contributed by atoms with Crippen molar-refractivity contribution in [2.75, 3.05) is 0 Å². The summed E-state index contributed by atoms with van der Waals surface area (Å²) >= 11 is 0. The van der Waals surface area contributed by atoms with E-state index in [1.807, 2.05) is 0 Å². The van der Waals surface area contributed by atoms with E-state index in [0.29, 0.717) is 0 Å². The van der Waals surface area contributed by atoms with Gasteiger partial charge in [-0.15, -0.1) is 0 Å². The molecule has 0 atom stereocenters. The molecule has 0 rings (SSSR count). The van der Waals surface area contributed by atoms with Gasteiger partial charge in [-0.25, -0.2) is 0 Å². The first kappa shape index (κ1) is 25.8. The van der Waals surface area contributed by atoms with Gasteiger partial charge in [0.1, 0.15) is 0 Å². The fraction of sp³-hybridized carbons (Fsp3) is 0. The van der Waals surface area contributed by atoms with E-state index >= 15 is 0 Å². The van der Waals surface area contributed by atoms with E-state index in [4.69, 9.17) is 0 Å². The van der Waals surface area contributed by atoms with Crippen LogP contribution in [0.4, 0.5) is 0 Å². The van der Waals surface area contributed by atoms with Crippen molar-refractivity contribution in [3.8, 4) is 0 Å². The van der Waals surface area contributed by atoms with E-state index in [2.05, 4.69) is 0 Å². The fourth-order valence-corrected chi connectivity index (χ4v) is 0. The third kappa shape index (κ3) is 9.11. The molecular formula is H6AlNa3. The zero-order valence-electron chi connectivity index (χ0n) is 0. The molecule has 0 saturated carbocycles. The molecule has 4 heavy (non-hydrogen) atoms. The molecule has 0 aliphatic heterocycles. The minimum atomic E-state index is 0. The van der Waals surface area contributed by atoms with Crippen LogP contribution in [0.3, 0.4) is 0 Å². The SMILES string of the molecule is [AlH3].[NaH].[NaH].[NaH]. The molecule has 0 N–H and O–H groups in total. The second kappa shape index (κ2) is 16.0. The molecule has 0 spiro atoms. The van der Waals surface area contributed by atoms with Crippen LogP contribution >= 0.6 is 0 Å². The van der Waals surface area contributed by atoms with E-state index < -0.39 is 0 Å². The van der Waals surface area contributed by atoms with Crippen molar-refractivity contribution >= 4 is 106 Å². The molecule has 0 aliphatic rings. The molecule has 12 valence electrons. The second-order valence-electron chi connectivity index (χ2n) is 0. The molecule has 0 aromatic heterocycles. The predicted octanol–water partition coefficient (Wildman–Crippen LogP) is -3.13. The Labute approximate surface area is 103 Å². The van der Waals surface area contributed by atoms with Gasteiger partial charge in [0.15, 0.2) is 17.4 Å². The topological polar surface area (TPSA) is 0 Å². The molecule has 0 aliphatic carbocycles. The summed E-state index contributed by atoms with van der Waals surface area (Å²) in [5.74, 6) is 0. The van der Waals surface area contributed by atoms with Crippen molar-refractivity contribution in [1.82, 2.24) is 0 Å². The molecule has 0 heterocycles. The van der Waals surface area contributed by atoms with Crippen LogP contribution in [0.2, 0.25) is 0 Å². The predicted molar refractivity (Wildman–Crippen MR) is 31.4 cm³/mol. The summed E-state index contributed by atoms with van der Waals surface area (Å²) in [6, 6.07) is 0. The number of hydrogen-bond donors (Lipinski definition) is 0. The quantitative estimate of drug-likeness (QED) is 0.284. The van der Waals surface area contributed by atoms with Gasteiger partial charge in [-0.05, 0) is 0 Å². The van der Waals surface area contributed by atoms with E-state index in [9.17, 15) is 0 Å². The van der Waals surface area contributed by atoms with Crippen molar-refractivity contribution in [1.29, 1.82) is 0 Å². The van der Waals surface area contributed by atoms with Crippen LogP contribution < -0.4 is 0 Å². The van der Waals surface area contributed by atoms with Crippen molar-refractivity contribution in [3.63, 3.8) is 0 Å². The van der Waals surface area contributed by atoms with Crippen molar-refractivity contribution < 1.29 is 0 Å². The van der Waals surface area contributed by atoms with Gasteiger partial charge in [0, 0.05) is 0 Å². The molecule has 0 fully saturated rings. The van der Waals surface area contributed by atoms with E-state index in [1.54, 1.807) is 0 Å². The molecule has 0 unspecified atom stereocenters. The summed E-state index contributed by atoms with van der Waals surface area (Å²) in [5.41, 5.74) is 0. The summed E-state index contributed by atoms with van der Waals surface area (Å²) in [5, 5.41) is 0. The van der Waals surface area contributed by atoms with E-state index in [1.165, 1.54) is 0 Å². The Morgan fingerprint density at radius 2 is 0.500 bits per heavy atom. The minimum absolute atomic E-state index is 0. The van der Waals surface area contributed by atoms with Crippen LogP contribution in [0.5, 0.6) is 0 Å². The summed E-state index contributed by atoms with van der Waals surface area (Å²) in [4.78, 5) is 0. The van der Waals surface area contributed by atoms with Gasteiger partial charge in [0.05, 0.1) is 0 Å². The van der Waals surface area contributed by atoms with Crippen molar-refractivity contribution in [3.05, 3.63) is 0 Å². The Bertz CT molecular complexity index is 3.25. The van der Waals surface area contributed by atoms with Crippen LogP contribution in [-0.2, 0) is 0 Å². The van der Waals surface area contributed by atoms with E-state index in [0.717, 1.165) is 0 Å². The average Bonchev–Trinajstić information content (AvgIpc) is 0. The van der Waals surface area contributed by atoms with Gasteiger partial charge in [0.25, 0.3) is 0 Å². The normalized spacial score (nSPS) is 0. The number of rotatable bonds is 0. The van der Waals surface area contributed by atoms with Gasteiger partial charge >= 0.3 is 88.7 Å². The third-order valence-corrected chi connectivity index (χ3v) is 0. The molecule has 0 radical (unpaired) electrons. The van der Waals surface area contributed by atoms with Crippen LogP contribution in [0.25, 0.3) is 0 Å². The Morgan fingerprint density at radius 3 is 0.500 bits per heavy atom. The Kier molecular flexibility index (Phi) is 103. The third-order valence-electron chi connectivity index (χ3n) is 0. The zero-order valence-corrected chi connectivity index (χ0v) is 0. The van der Waals surface area contributed by atoms with Gasteiger partial charge in [0.2, 0.25) is 0 Å². The summed E-state index contributed by atoms with van der Waals surface area (Å²) in [6.07, 6.45) is 0. The van der Waals surface area contributed by atoms with Crippen molar-refractivity contribution in [2.24, 2.45) is 0 Å². The van der Waals surface area contributed by atoms with Gasteiger partial charge in [-0.3, -0.25) is 0 Å². The first-order valence-electron chi connectivity index (χ1n) is 0. The second-order valence-corrected chi connectivity index (χ2v) is 0. The van der Waals surface area contributed by atoms with Crippen LogP contribution in [0.1, 0.15) is 0 Å². The standard InChI is InChI=1S/Al.3Na.6H. The molecule has 0 amide bonds. The monoisotopic (exact) mass is 102 g/mol. The van der Waals surface area contributed by atoms with Crippen LogP contribution in [0, 0.1) is 0 Å². The van der Waals surface area contributed by atoms with Gasteiger partial charge in [-0.2, -0.15) is 0 Å². The van der Waals surface area contributed by atoms with Crippen LogP contribution in [0.15, 0.2) is 0 Å². The molecule has 0 aromatic rings. The van der Waals surface area contributed by atoms with E-state index in [-0.39, 0.29) is 106 Å². The van der Waals surface area contributed by atoms with Crippen molar-refractivity contribution in [2.45, 2.75) is 0 Å². The fourth-order valence-electron chi connectivity index (χ4n) is 0. The Balaban J connectivity index is 0. The first-order chi connectivity index (χ1) is 0. The molecular weight excluding hydrogens is 96.0 g/mol. The van der Waals surface area contributed by atoms with Gasteiger partial charge < -0.3 is 0 Å². The Hall–Kier alpha value is 3.53. The Morgan fingerprint density at radius 1 is 0.500 bits per heavy atom. The summed E-state index contributed by atoms with van der Waals surface area (Å²) < 4.78 is 0. The maximum atomic E-state index is 0. The van der Waals surface area contributed by atoms with Gasteiger partial charge in [-0.1, -0.05) is 0 Å². The van der Waals surface area contributed by atoms with Crippen LogP contribution in [-0.4, -0.2) is 106 Å². The zero-order chi connectivity index (χ0) is 0. The number of hydrogen-bond acceptors (Lipinski definition) is 0. The first-order valence-corrected chi connectivity index (χ1v) is 0. The maximum absolute atomic E-state index is 0. The summed E-state index contributed by atoms with van der Waals surface area (Å²) in [7, 11) is 0. The summed E-state index contributed by atoms with van der Waals surface area (Å²) in [6.45, 7) is 0. The average molecular weight is 102 g/mol.